The predicted molar refractivity (Wildman–Crippen MR) is 142 cm³/mol. The third kappa shape index (κ3) is 15.6. The van der Waals surface area contributed by atoms with Gasteiger partial charge in [0.1, 0.15) is 0 Å². The highest BCUT2D eigenvalue weighted by Gasteiger charge is 2.36. The van der Waals surface area contributed by atoms with Gasteiger partial charge in [-0.2, -0.15) is 0 Å². The molecule has 198 valence electrons. The monoisotopic (exact) mass is 478 g/mol. The van der Waals surface area contributed by atoms with Gasteiger partial charge in [-0.05, 0) is 25.7 Å². The molecule has 4 nitrogen and oxygen atoms in total. The summed E-state index contributed by atoms with van der Waals surface area (Å²) in [4.78, 5) is 25.2. The van der Waals surface area contributed by atoms with Crippen molar-refractivity contribution in [2.24, 2.45) is 11.8 Å². The average molecular weight is 479 g/mol. The molecule has 1 aliphatic carbocycles. The van der Waals surface area contributed by atoms with Gasteiger partial charge in [-0.25, -0.2) is 0 Å². The maximum atomic E-state index is 12.6. The van der Waals surface area contributed by atoms with Gasteiger partial charge in [0.25, 0.3) is 0 Å². The second-order valence-corrected chi connectivity index (χ2v) is 10.1. The molecular weight excluding hydrogens is 424 g/mol. The van der Waals surface area contributed by atoms with Crippen LogP contribution >= 0.6 is 0 Å². The van der Waals surface area contributed by atoms with Crippen LogP contribution in [-0.4, -0.2) is 25.2 Å². The Hall–Kier alpha value is -1.32. The van der Waals surface area contributed by atoms with E-state index in [1.54, 1.807) is 0 Å². The lowest BCUT2D eigenvalue weighted by Gasteiger charge is -2.25. The molecule has 0 aromatic heterocycles. The summed E-state index contributed by atoms with van der Waals surface area (Å²) in [6, 6.07) is 0. The molecule has 0 heterocycles. The number of allylic oxidation sites excluding steroid dienone is 2. The van der Waals surface area contributed by atoms with E-state index in [1.165, 1.54) is 89.9 Å². The molecule has 0 radical (unpaired) electrons. The molecule has 1 aliphatic rings. The number of unbranched alkanes of at least 4 members (excludes halogenated alkanes) is 16. The molecule has 0 saturated heterocycles. The summed E-state index contributed by atoms with van der Waals surface area (Å²) in [5.74, 6) is -1.24. The van der Waals surface area contributed by atoms with Crippen LogP contribution in [0.25, 0.3) is 0 Å². The minimum atomic E-state index is -0.390. The third-order valence-electron chi connectivity index (χ3n) is 7.02. The van der Waals surface area contributed by atoms with Crippen molar-refractivity contribution in [3.05, 3.63) is 12.2 Å². The molecule has 0 saturated carbocycles. The highest BCUT2D eigenvalue weighted by Crippen LogP contribution is 2.28. The Bertz CT molecular complexity index is 528. The lowest BCUT2D eigenvalue weighted by molar-refractivity contribution is -0.161. The summed E-state index contributed by atoms with van der Waals surface area (Å²) in [5.41, 5.74) is 0. The third-order valence-corrected chi connectivity index (χ3v) is 7.02. The standard InChI is InChI=1S/C30H54O4/c1-3-5-7-9-11-13-14-16-18-22-26-34-30(32)28-24-20-19-23-27(28)29(31)33-25-21-17-15-12-10-8-6-4-2/h19-20,27-28H,3-18,21-26H2,1-2H3. The molecule has 0 aliphatic heterocycles. The van der Waals surface area contributed by atoms with Gasteiger partial charge in [0.15, 0.2) is 0 Å². The fourth-order valence-electron chi connectivity index (χ4n) is 4.72. The van der Waals surface area contributed by atoms with Crippen LogP contribution < -0.4 is 0 Å². The van der Waals surface area contributed by atoms with E-state index < -0.39 is 0 Å². The molecule has 0 spiro atoms. The smallest absolute Gasteiger partial charge is 0.310 e. The Morgan fingerprint density at radius 3 is 1.15 bits per heavy atom. The maximum Gasteiger partial charge on any atom is 0.310 e. The first kappa shape index (κ1) is 30.7. The van der Waals surface area contributed by atoms with E-state index in [0.717, 1.165) is 25.7 Å². The van der Waals surface area contributed by atoms with Gasteiger partial charge in [0, 0.05) is 0 Å². The van der Waals surface area contributed by atoms with Crippen LogP contribution in [-0.2, 0) is 19.1 Å². The zero-order valence-corrected chi connectivity index (χ0v) is 22.5. The highest BCUT2D eigenvalue weighted by molar-refractivity contribution is 5.82. The molecule has 0 aromatic carbocycles. The second kappa shape index (κ2) is 22.2. The van der Waals surface area contributed by atoms with Gasteiger partial charge in [-0.15, -0.1) is 0 Å². The Kier molecular flexibility index (Phi) is 20.0. The molecular formula is C30H54O4. The Morgan fingerprint density at radius 2 is 0.824 bits per heavy atom. The van der Waals surface area contributed by atoms with Crippen molar-refractivity contribution >= 4 is 11.9 Å². The van der Waals surface area contributed by atoms with Crippen LogP contribution in [0, 0.1) is 11.8 Å². The fraction of sp³-hybridized carbons (Fsp3) is 0.867. The summed E-state index contributed by atoms with van der Waals surface area (Å²) in [6.07, 6.45) is 27.5. The summed E-state index contributed by atoms with van der Waals surface area (Å²) >= 11 is 0. The minimum Gasteiger partial charge on any atom is -0.465 e. The number of hydrogen-bond acceptors (Lipinski definition) is 4. The molecule has 0 fully saturated rings. The van der Waals surface area contributed by atoms with Crippen molar-refractivity contribution in [1.29, 1.82) is 0 Å². The van der Waals surface area contributed by atoms with E-state index in [-0.39, 0.29) is 23.8 Å². The molecule has 4 heteroatoms. The first-order valence-corrected chi connectivity index (χ1v) is 14.7. The second-order valence-electron chi connectivity index (χ2n) is 10.1. The van der Waals surface area contributed by atoms with Crippen LogP contribution in [0.5, 0.6) is 0 Å². The number of carbonyl (C=O) groups excluding carboxylic acids is 2. The minimum absolute atomic E-state index is 0.227. The highest BCUT2D eigenvalue weighted by atomic mass is 16.5. The molecule has 0 aromatic rings. The van der Waals surface area contributed by atoms with Crippen LogP contribution in [0.2, 0.25) is 0 Å². The first-order chi connectivity index (χ1) is 16.7. The largest absolute Gasteiger partial charge is 0.465 e. The lowest BCUT2D eigenvalue weighted by atomic mass is 9.83. The van der Waals surface area contributed by atoms with Gasteiger partial charge in [0.2, 0.25) is 0 Å². The number of ether oxygens (including phenoxy) is 2. The SMILES string of the molecule is CCCCCCCCCCCCOC(=O)C1CC=CCC1C(=O)OCCCCCCCCCC. The normalized spacial score (nSPS) is 17.6. The molecule has 0 bridgehead atoms. The van der Waals surface area contributed by atoms with Crippen molar-refractivity contribution < 1.29 is 19.1 Å². The number of hydrogen-bond donors (Lipinski definition) is 0. The molecule has 1 rings (SSSR count). The van der Waals surface area contributed by atoms with Crippen molar-refractivity contribution in [2.75, 3.05) is 13.2 Å². The predicted octanol–water partition coefficient (Wildman–Crippen LogP) is 8.72. The Labute approximate surface area is 210 Å². The molecule has 34 heavy (non-hydrogen) atoms. The summed E-state index contributed by atoms with van der Waals surface area (Å²) in [7, 11) is 0. The quantitative estimate of drug-likeness (QED) is 0.0886. The molecule has 2 unspecified atom stereocenters. The first-order valence-electron chi connectivity index (χ1n) is 14.7. The number of esters is 2. The van der Waals surface area contributed by atoms with E-state index in [1.807, 2.05) is 12.2 Å². The zero-order chi connectivity index (χ0) is 24.7. The topological polar surface area (TPSA) is 52.6 Å². The van der Waals surface area contributed by atoms with Crippen LogP contribution in [0.1, 0.15) is 142 Å². The lowest BCUT2D eigenvalue weighted by Crippen LogP contribution is -2.34. The van der Waals surface area contributed by atoms with E-state index in [0.29, 0.717) is 26.1 Å². The van der Waals surface area contributed by atoms with E-state index in [2.05, 4.69) is 13.8 Å². The van der Waals surface area contributed by atoms with Crippen LogP contribution in [0.3, 0.4) is 0 Å². The number of rotatable bonds is 22. The van der Waals surface area contributed by atoms with Crippen molar-refractivity contribution in [1.82, 2.24) is 0 Å². The Balaban J connectivity index is 2.12. The summed E-state index contributed by atoms with van der Waals surface area (Å²) in [6.45, 7) is 5.42. The van der Waals surface area contributed by atoms with Crippen molar-refractivity contribution in [3.63, 3.8) is 0 Å². The van der Waals surface area contributed by atoms with Crippen LogP contribution in [0.4, 0.5) is 0 Å². The average Bonchev–Trinajstić information content (AvgIpc) is 2.86. The van der Waals surface area contributed by atoms with Gasteiger partial charge >= 0.3 is 11.9 Å². The van der Waals surface area contributed by atoms with Crippen molar-refractivity contribution in [2.45, 2.75) is 142 Å². The fourth-order valence-corrected chi connectivity index (χ4v) is 4.72. The zero-order valence-electron chi connectivity index (χ0n) is 22.5. The van der Waals surface area contributed by atoms with Gasteiger partial charge in [0.05, 0.1) is 25.0 Å². The summed E-state index contributed by atoms with van der Waals surface area (Å²) < 4.78 is 11.1. The van der Waals surface area contributed by atoms with Gasteiger partial charge < -0.3 is 9.47 Å². The summed E-state index contributed by atoms with van der Waals surface area (Å²) in [5, 5.41) is 0. The maximum absolute atomic E-state index is 12.6. The van der Waals surface area contributed by atoms with Crippen molar-refractivity contribution in [3.8, 4) is 0 Å². The number of carbonyl (C=O) groups is 2. The van der Waals surface area contributed by atoms with E-state index in [4.69, 9.17) is 9.47 Å². The van der Waals surface area contributed by atoms with E-state index in [9.17, 15) is 9.59 Å². The van der Waals surface area contributed by atoms with Crippen LogP contribution in [0.15, 0.2) is 12.2 Å². The van der Waals surface area contributed by atoms with Gasteiger partial charge in [-0.1, -0.05) is 129 Å². The molecule has 0 amide bonds. The molecule has 2 atom stereocenters. The molecule has 0 N–H and O–H groups in total. The van der Waals surface area contributed by atoms with E-state index >= 15 is 0 Å². The Morgan fingerprint density at radius 1 is 0.529 bits per heavy atom. The van der Waals surface area contributed by atoms with Gasteiger partial charge in [-0.3, -0.25) is 9.59 Å².